The topological polar surface area (TPSA) is 49.8 Å². The number of hydrogen-bond donors (Lipinski definition) is 1. The molecule has 0 saturated carbocycles. The summed E-state index contributed by atoms with van der Waals surface area (Å²) in [6.45, 7) is 9.66. The van der Waals surface area contributed by atoms with Crippen LogP contribution in [0.25, 0.3) is 0 Å². The van der Waals surface area contributed by atoms with E-state index in [9.17, 15) is 9.90 Å². The molecule has 1 heterocycles. The molecule has 1 amide bonds. The Morgan fingerprint density at radius 1 is 1.44 bits per heavy atom. The smallest absolute Gasteiger partial charge is 0.410 e. The number of aliphatic hydroxyl groups is 1. The van der Waals surface area contributed by atoms with E-state index in [1.807, 2.05) is 27.7 Å². The van der Waals surface area contributed by atoms with Gasteiger partial charge in [0.1, 0.15) is 5.60 Å². The van der Waals surface area contributed by atoms with Crippen LogP contribution in [0.1, 0.15) is 41.0 Å². The molecule has 94 valence electrons. The van der Waals surface area contributed by atoms with E-state index in [0.717, 1.165) is 6.42 Å². The van der Waals surface area contributed by atoms with Gasteiger partial charge in [0, 0.05) is 6.04 Å². The van der Waals surface area contributed by atoms with Crippen molar-refractivity contribution in [3.05, 3.63) is 0 Å². The molecule has 0 aromatic carbocycles. The molecular weight excluding hydrogens is 206 g/mol. The molecule has 3 atom stereocenters. The fourth-order valence-corrected chi connectivity index (χ4v) is 2.14. The van der Waals surface area contributed by atoms with Gasteiger partial charge in [-0.05, 0) is 40.0 Å². The van der Waals surface area contributed by atoms with Gasteiger partial charge in [-0.1, -0.05) is 6.92 Å². The molecule has 1 rings (SSSR count). The number of nitrogens with zero attached hydrogens (tertiary/aromatic N) is 1. The summed E-state index contributed by atoms with van der Waals surface area (Å²) in [6, 6.07) is 0.0341. The summed E-state index contributed by atoms with van der Waals surface area (Å²) in [4.78, 5) is 13.7. The number of hydrogen-bond acceptors (Lipinski definition) is 3. The first-order valence-electron chi connectivity index (χ1n) is 5.88. The summed E-state index contributed by atoms with van der Waals surface area (Å²) < 4.78 is 5.35. The van der Waals surface area contributed by atoms with Crippen LogP contribution < -0.4 is 0 Å². The van der Waals surface area contributed by atoms with Crippen molar-refractivity contribution in [1.82, 2.24) is 4.90 Å². The van der Waals surface area contributed by atoms with Crippen molar-refractivity contribution in [1.29, 1.82) is 0 Å². The SMILES string of the molecule is C[C@@H]1C[C@@H](CO)N(C(=O)OC(C)(C)C)[C@@H]1C. The third-order valence-corrected chi connectivity index (χ3v) is 3.11. The second kappa shape index (κ2) is 4.62. The van der Waals surface area contributed by atoms with Crippen LogP contribution in [-0.4, -0.2) is 40.4 Å². The van der Waals surface area contributed by atoms with Crippen LogP contribution in [0, 0.1) is 5.92 Å². The van der Waals surface area contributed by atoms with Gasteiger partial charge in [-0.3, -0.25) is 4.90 Å². The first-order chi connectivity index (χ1) is 7.26. The number of likely N-dealkylation sites (tertiary alicyclic amines) is 1. The summed E-state index contributed by atoms with van der Waals surface area (Å²) in [7, 11) is 0. The van der Waals surface area contributed by atoms with Crippen LogP contribution in [0.3, 0.4) is 0 Å². The van der Waals surface area contributed by atoms with Gasteiger partial charge in [0.25, 0.3) is 0 Å². The molecule has 4 nitrogen and oxygen atoms in total. The van der Waals surface area contributed by atoms with Crippen LogP contribution in [0.5, 0.6) is 0 Å². The van der Waals surface area contributed by atoms with E-state index in [2.05, 4.69) is 6.92 Å². The lowest BCUT2D eigenvalue weighted by Gasteiger charge is -2.31. The highest BCUT2D eigenvalue weighted by Crippen LogP contribution is 2.30. The van der Waals surface area contributed by atoms with Crippen molar-refractivity contribution in [3.8, 4) is 0 Å². The molecule has 0 bridgehead atoms. The summed E-state index contributed by atoms with van der Waals surface area (Å²) in [5.41, 5.74) is -0.483. The van der Waals surface area contributed by atoms with E-state index < -0.39 is 5.60 Å². The molecule has 1 N–H and O–H groups in total. The zero-order valence-corrected chi connectivity index (χ0v) is 10.9. The van der Waals surface area contributed by atoms with Gasteiger partial charge in [0.15, 0.2) is 0 Å². The summed E-state index contributed by atoms with van der Waals surface area (Å²) in [5.74, 6) is 0.407. The van der Waals surface area contributed by atoms with Crippen molar-refractivity contribution < 1.29 is 14.6 Å². The highest BCUT2D eigenvalue weighted by atomic mass is 16.6. The molecule has 0 unspecified atom stereocenters. The highest BCUT2D eigenvalue weighted by molar-refractivity contribution is 5.69. The minimum absolute atomic E-state index is 0.00786. The zero-order valence-electron chi connectivity index (χ0n) is 10.9. The Kier molecular flexibility index (Phi) is 3.84. The average Bonchev–Trinajstić information content (AvgIpc) is 2.40. The van der Waals surface area contributed by atoms with Crippen LogP contribution in [0.15, 0.2) is 0 Å². The van der Waals surface area contributed by atoms with E-state index in [-0.39, 0.29) is 24.8 Å². The van der Waals surface area contributed by atoms with E-state index >= 15 is 0 Å². The molecule has 0 radical (unpaired) electrons. The Hall–Kier alpha value is -0.770. The molecular formula is C12H23NO3. The fraction of sp³-hybridized carbons (Fsp3) is 0.917. The second-order valence-electron chi connectivity index (χ2n) is 5.68. The van der Waals surface area contributed by atoms with Crippen LogP contribution in [0.4, 0.5) is 4.79 Å². The van der Waals surface area contributed by atoms with E-state index in [0.29, 0.717) is 5.92 Å². The number of ether oxygens (including phenoxy) is 1. The van der Waals surface area contributed by atoms with Crippen molar-refractivity contribution in [2.24, 2.45) is 5.92 Å². The first-order valence-corrected chi connectivity index (χ1v) is 5.88. The number of amides is 1. The van der Waals surface area contributed by atoms with Crippen LogP contribution >= 0.6 is 0 Å². The Labute approximate surface area is 97.6 Å². The lowest BCUT2D eigenvalue weighted by molar-refractivity contribution is 0.00953. The van der Waals surface area contributed by atoms with Gasteiger partial charge in [-0.25, -0.2) is 4.79 Å². The largest absolute Gasteiger partial charge is 0.444 e. The Morgan fingerprint density at radius 2 is 2.00 bits per heavy atom. The van der Waals surface area contributed by atoms with Gasteiger partial charge in [0.2, 0.25) is 0 Å². The molecule has 0 aliphatic carbocycles. The highest BCUT2D eigenvalue weighted by Gasteiger charge is 2.40. The van der Waals surface area contributed by atoms with Gasteiger partial charge in [0.05, 0.1) is 12.6 Å². The van der Waals surface area contributed by atoms with Gasteiger partial charge in [-0.2, -0.15) is 0 Å². The molecule has 1 fully saturated rings. The van der Waals surface area contributed by atoms with Crippen molar-refractivity contribution >= 4 is 6.09 Å². The third-order valence-electron chi connectivity index (χ3n) is 3.11. The lowest BCUT2D eigenvalue weighted by Crippen LogP contribution is -2.45. The molecule has 0 aromatic heterocycles. The Morgan fingerprint density at radius 3 is 2.44 bits per heavy atom. The molecule has 4 heteroatoms. The van der Waals surface area contributed by atoms with Crippen LogP contribution in [-0.2, 0) is 4.74 Å². The van der Waals surface area contributed by atoms with Crippen LogP contribution in [0.2, 0.25) is 0 Å². The fourth-order valence-electron chi connectivity index (χ4n) is 2.14. The van der Waals surface area contributed by atoms with E-state index in [1.165, 1.54) is 0 Å². The molecule has 1 saturated heterocycles. The van der Waals surface area contributed by atoms with E-state index in [1.54, 1.807) is 4.90 Å². The Bertz CT molecular complexity index is 259. The predicted octanol–water partition coefficient (Wildman–Crippen LogP) is 2.01. The molecule has 1 aliphatic heterocycles. The quantitative estimate of drug-likeness (QED) is 0.748. The number of aliphatic hydroxyl groups excluding tert-OH is 1. The maximum atomic E-state index is 12.0. The number of carbonyl (C=O) groups is 1. The van der Waals surface area contributed by atoms with Crippen molar-refractivity contribution in [2.45, 2.75) is 58.7 Å². The van der Waals surface area contributed by atoms with Crippen molar-refractivity contribution in [2.75, 3.05) is 6.61 Å². The monoisotopic (exact) mass is 229 g/mol. The predicted molar refractivity (Wildman–Crippen MR) is 62.2 cm³/mol. The van der Waals surface area contributed by atoms with Crippen molar-refractivity contribution in [3.63, 3.8) is 0 Å². The minimum Gasteiger partial charge on any atom is -0.444 e. The van der Waals surface area contributed by atoms with Gasteiger partial charge < -0.3 is 9.84 Å². The third kappa shape index (κ3) is 2.88. The standard InChI is InChI=1S/C12H23NO3/c1-8-6-10(7-14)13(9(8)2)11(15)16-12(3,4)5/h8-10,14H,6-7H2,1-5H3/t8-,9-,10+/m1/s1. The first kappa shape index (κ1) is 13.3. The van der Waals surface area contributed by atoms with E-state index in [4.69, 9.17) is 4.74 Å². The molecule has 1 aliphatic rings. The van der Waals surface area contributed by atoms with Gasteiger partial charge >= 0.3 is 6.09 Å². The summed E-state index contributed by atoms with van der Waals surface area (Å²) in [5, 5.41) is 9.27. The average molecular weight is 229 g/mol. The molecule has 0 spiro atoms. The normalized spacial score (nSPS) is 30.6. The summed E-state index contributed by atoms with van der Waals surface area (Å²) >= 11 is 0. The second-order valence-corrected chi connectivity index (χ2v) is 5.68. The molecule has 16 heavy (non-hydrogen) atoms. The van der Waals surface area contributed by atoms with Gasteiger partial charge in [-0.15, -0.1) is 0 Å². The lowest BCUT2D eigenvalue weighted by atomic mass is 10.0. The summed E-state index contributed by atoms with van der Waals surface area (Å²) in [6.07, 6.45) is 0.528. The maximum absolute atomic E-state index is 12.0. The minimum atomic E-state index is -0.483. The number of carbonyl (C=O) groups excluding carboxylic acids is 1. The molecule has 0 aromatic rings. The maximum Gasteiger partial charge on any atom is 0.410 e. The zero-order chi connectivity index (χ0) is 12.5. The number of rotatable bonds is 1. The Balaban J connectivity index is 2.73.